The summed E-state index contributed by atoms with van der Waals surface area (Å²) in [5.74, 6) is 0.242. The van der Waals surface area contributed by atoms with Gasteiger partial charge >= 0.3 is 10.2 Å². The molecule has 9 nitrogen and oxygen atoms in total. The number of rotatable bonds is 6. The molecule has 33 heavy (non-hydrogen) atoms. The number of likely N-dealkylation sites (N-methyl/N-ethyl adjacent to an activating group) is 1. The van der Waals surface area contributed by atoms with E-state index in [0.29, 0.717) is 23.7 Å². The first-order chi connectivity index (χ1) is 15.7. The van der Waals surface area contributed by atoms with E-state index in [1.165, 1.54) is 25.8 Å². The van der Waals surface area contributed by atoms with Crippen LogP contribution in [0, 0.1) is 6.92 Å². The second kappa shape index (κ2) is 8.91. The molecule has 2 heterocycles. The second-order valence-corrected chi connectivity index (χ2v) is 9.15. The predicted octanol–water partition coefficient (Wildman–Crippen LogP) is 2.75. The van der Waals surface area contributed by atoms with Crippen LogP contribution in [0.1, 0.15) is 16.7 Å². The van der Waals surface area contributed by atoms with Crippen molar-refractivity contribution in [3.8, 4) is 5.75 Å². The van der Waals surface area contributed by atoms with Gasteiger partial charge in [-0.2, -0.15) is 13.5 Å². The highest BCUT2D eigenvalue weighted by molar-refractivity contribution is 7.88. The predicted molar refractivity (Wildman–Crippen MR) is 125 cm³/mol. The molecule has 1 aliphatic heterocycles. The van der Waals surface area contributed by atoms with Gasteiger partial charge in [-0.3, -0.25) is 9.48 Å². The van der Waals surface area contributed by atoms with Gasteiger partial charge in [-0.15, -0.1) is 4.40 Å². The number of hydrogen-bond acceptors (Lipinski definition) is 5. The van der Waals surface area contributed by atoms with Gasteiger partial charge < -0.3 is 10.1 Å². The van der Waals surface area contributed by atoms with Gasteiger partial charge in [0.25, 0.3) is 5.91 Å². The Balaban J connectivity index is 1.55. The van der Waals surface area contributed by atoms with Crippen molar-refractivity contribution < 1.29 is 17.9 Å². The Morgan fingerprint density at radius 2 is 1.88 bits per heavy atom. The van der Waals surface area contributed by atoms with Crippen LogP contribution in [0.25, 0.3) is 0 Å². The number of benzene rings is 2. The number of nitrogens with zero attached hydrogens (tertiary/aromatic N) is 4. The molecule has 0 radical (unpaired) electrons. The van der Waals surface area contributed by atoms with Crippen molar-refractivity contribution in [2.45, 2.75) is 13.5 Å². The van der Waals surface area contributed by atoms with Gasteiger partial charge in [-0.1, -0.05) is 42.0 Å². The van der Waals surface area contributed by atoms with Gasteiger partial charge in [0.15, 0.2) is 5.82 Å². The Hall–Kier alpha value is -3.92. The molecule has 0 unspecified atom stereocenters. The average Bonchev–Trinajstić information content (AvgIpc) is 3.23. The van der Waals surface area contributed by atoms with E-state index < -0.39 is 16.1 Å². The zero-order valence-corrected chi connectivity index (χ0v) is 19.2. The molecule has 0 atom stereocenters. The maximum atomic E-state index is 13.0. The van der Waals surface area contributed by atoms with Crippen molar-refractivity contribution in [2.24, 2.45) is 4.40 Å². The van der Waals surface area contributed by atoms with Crippen LogP contribution in [0.5, 0.6) is 5.75 Å². The fourth-order valence-corrected chi connectivity index (χ4v) is 4.17. The van der Waals surface area contributed by atoms with Crippen LogP contribution in [0.4, 0.5) is 5.82 Å². The van der Waals surface area contributed by atoms with Gasteiger partial charge in [-0.05, 0) is 30.7 Å². The quantitative estimate of drug-likeness (QED) is 0.603. The first-order valence-corrected chi connectivity index (χ1v) is 11.5. The van der Waals surface area contributed by atoms with E-state index in [1.54, 1.807) is 41.2 Å². The molecule has 0 spiro atoms. The average molecular weight is 466 g/mol. The van der Waals surface area contributed by atoms with Gasteiger partial charge in [0.05, 0.1) is 19.4 Å². The van der Waals surface area contributed by atoms with E-state index >= 15 is 0 Å². The van der Waals surface area contributed by atoms with Crippen molar-refractivity contribution in [3.05, 3.63) is 89.3 Å². The number of nitrogens with one attached hydrogen (secondary N) is 1. The van der Waals surface area contributed by atoms with Gasteiger partial charge in [0.1, 0.15) is 11.4 Å². The second-order valence-electron chi connectivity index (χ2n) is 7.52. The number of methoxy groups -OCH3 is 1. The molecule has 1 aromatic heterocycles. The van der Waals surface area contributed by atoms with Crippen molar-refractivity contribution >= 4 is 27.6 Å². The van der Waals surface area contributed by atoms with Crippen LogP contribution in [0.15, 0.2) is 77.0 Å². The number of aromatic nitrogens is 2. The Morgan fingerprint density at radius 1 is 1.12 bits per heavy atom. The molecule has 1 amide bonds. The van der Waals surface area contributed by atoms with Gasteiger partial charge in [0.2, 0.25) is 0 Å². The van der Waals surface area contributed by atoms with Gasteiger partial charge in [0, 0.05) is 24.9 Å². The monoisotopic (exact) mass is 465 g/mol. The summed E-state index contributed by atoms with van der Waals surface area (Å²) >= 11 is 0. The Kier molecular flexibility index (Phi) is 6.01. The molecular formula is C23H23N5O4S. The van der Waals surface area contributed by atoms with Crippen LogP contribution in [0.3, 0.4) is 0 Å². The number of carbonyl (C=O) groups is 1. The lowest BCUT2D eigenvalue weighted by atomic mass is 10.1. The molecule has 1 N–H and O–H groups in total. The molecule has 0 saturated heterocycles. The number of hydrogen-bond donors (Lipinski definition) is 1. The summed E-state index contributed by atoms with van der Waals surface area (Å²) in [4.78, 5) is 13.0. The fourth-order valence-electron chi connectivity index (χ4n) is 3.26. The molecule has 0 saturated carbocycles. The summed E-state index contributed by atoms with van der Waals surface area (Å²) in [6, 6.07) is 16.5. The normalized spacial score (nSPS) is 14.9. The highest BCUT2D eigenvalue weighted by Crippen LogP contribution is 2.22. The third-order valence-corrected chi connectivity index (χ3v) is 6.43. The zero-order valence-electron chi connectivity index (χ0n) is 18.4. The lowest BCUT2D eigenvalue weighted by Crippen LogP contribution is -2.35. The van der Waals surface area contributed by atoms with E-state index in [0.717, 1.165) is 9.87 Å². The lowest BCUT2D eigenvalue weighted by Gasteiger charge is -2.23. The zero-order chi connectivity index (χ0) is 23.6. The molecule has 10 heteroatoms. The molecule has 1 aliphatic rings. The Labute approximate surface area is 192 Å². The Bertz CT molecular complexity index is 1360. The first kappa shape index (κ1) is 22.3. The summed E-state index contributed by atoms with van der Waals surface area (Å²) in [5.41, 5.74) is 2.82. The van der Waals surface area contributed by atoms with E-state index in [9.17, 15) is 13.2 Å². The number of aryl methyl sites for hydroxylation is 1. The van der Waals surface area contributed by atoms with Crippen molar-refractivity contribution in [1.29, 1.82) is 0 Å². The van der Waals surface area contributed by atoms with Crippen LogP contribution < -0.4 is 10.1 Å². The van der Waals surface area contributed by atoms with E-state index in [2.05, 4.69) is 14.8 Å². The highest BCUT2D eigenvalue weighted by atomic mass is 32.2. The molecule has 2 aromatic carbocycles. The molecule has 170 valence electrons. The van der Waals surface area contributed by atoms with Gasteiger partial charge in [-0.25, -0.2) is 4.31 Å². The van der Waals surface area contributed by atoms with Crippen molar-refractivity contribution in [3.63, 3.8) is 0 Å². The maximum absolute atomic E-state index is 13.0. The summed E-state index contributed by atoms with van der Waals surface area (Å²) in [6.45, 7) is 2.56. The minimum atomic E-state index is -4.08. The topological polar surface area (TPSA) is 106 Å². The third kappa shape index (κ3) is 4.96. The summed E-state index contributed by atoms with van der Waals surface area (Å²) in [6.07, 6.45) is 3.17. The molecular weight excluding hydrogens is 442 g/mol. The smallest absolute Gasteiger partial charge is 0.345 e. The third-order valence-electron chi connectivity index (χ3n) is 5.12. The van der Waals surface area contributed by atoms with Crippen molar-refractivity contribution in [2.75, 3.05) is 19.5 Å². The SMILES string of the molecule is COc1cccc(C2=NS(=O)(=O)N(C)C(C(=O)Nc3ccn(Cc4ccc(C)cc4)n3)=C2)c1. The summed E-state index contributed by atoms with van der Waals surface area (Å²) < 4.78 is 36.7. The summed E-state index contributed by atoms with van der Waals surface area (Å²) in [7, 11) is -1.28. The Morgan fingerprint density at radius 3 is 2.61 bits per heavy atom. The number of ether oxygens (including phenoxy) is 1. The molecule has 0 aliphatic carbocycles. The molecule has 3 aromatic rings. The molecule has 0 fully saturated rings. The highest BCUT2D eigenvalue weighted by Gasteiger charge is 2.30. The fraction of sp³-hybridized carbons (Fsp3) is 0.174. The van der Waals surface area contributed by atoms with Crippen LogP contribution in [-0.4, -0.2) is 48.3 Å². The molecule has 4 rings (SSSR count). The number of anilines is 1. The standard InChI is InChI=1S/C23H23N5O4S/c1-16-7-9-17(10-8-16)15-28-12-11-22(25-28)24-23(29)21-14-20(26-33(30,31)27(21)2)18-5-4-6-19(13-18)32-3/h4-14H,15H2,1-3H3,(H,24,25,29). The maximum Gasteiger partial charge on any atom is 0.345 e. The number of carbonyl (C=O) groups excluding carboxylic acids is 1. The minimum absolute atomic E-state index is 0.0732. The first-order valence-electron chi connectivity index (χ1n) is 10.1. The van der Waals surface area contributed by atoms with Crippen LogP contribution in [-0.2, 0) is 21.5 Å². The van der Waals surface area contributed by atoms with E-state index in [4.69, 9.17) is 4.74 Å². The van der Waals surface area contributed by atoms with E-state index in [-0.39, 0.29) is 11.4 Å². The summed E-state index contributed by atoms with van der Waals surface area (Å²) in [5, 5.41) is 7.03. The molecule has 0 bridgehead atoms. The largest absolute Gasteiger partial charge is 0.497 e. The van der Waals surface area contributed by atoms with E-state index in [1.807, 2.05) is 31.2 Å². The minimum Gasteiger partial charge on any atom is -0.497 e. The number of amides is 1. The number of allylic oxidation sites excluding steroid dienone is 1. The lowest BCUT2D eigenvalue weighted by molar-refractivity contribution is -0.113. The van der Waals surface area contributed by atoms with Crippen molar-refractivity contribution in [1.82, 2.24) is 14.1 Å². The van der Waals surface area contributed by atoms with Crippen LogP contribution in [0.2, 0.25) is 0 Å². The van der Waals surface area contributed by atoms with Crippen LogP contribution >= 0.6 is 0 Å².